The van der Waals surface area contributed by atoms with E-state index in [1.54, 1.807) is 26.0 Å². The van der Waals surface area contributed by atoms with Crippen molar-refractivity contribution < 1.29 is 19.4 Å². The molecule has 1 rings (SSSR count). The maximum atomic E-state index is 12.0. The Kier molecular flexibility index (Phi) is 5.85. The summed E-state index contributed by atoms with van der Waals surface area (Å²) in [6.45, 7) is 3.87. The van der Waals surface area contributed by atoms with E-state index in [0.29, 0.717) is 18.7 Å². The Labute approximate surface area is 112 Å². The number of carbonyl (C=O) groups excluding carboxylic acids is 1. The number of ether oxygens (including phenoxy) is 1. The third-order valence-corrected chi connectivity index (χ3v) is 2.40. The highest BCUT2D eigenvalue weighted by atomic mass is 16.6. The van der Waals surface area contributed by atoms with Crippen molar-refractivity contribution in [2.75, 3.05) is 11.4 Å². The van der Waals surface area contributed by atoms with Crippen molar-refractivity contribution in [3.05, 3.63) is 30.3 Å². The molecule has 19 heavy (non-hydrogen) atoms. The van der Waals surface area contributed by atoms with Gasteiger partial charge in [0, 0.05) is 18.7 Å². The monoisotopic (exact) mass is 265 g/mol. The Morgan fingerprint density at radius 2 is 1.89 bits per heavy atom. The molecule has 1 aromatic rings. The number of hydrogen-bond donors (Lipinski definition) is 1. The van der Waals surface area contributed by atoms with Crippen molar-refractivity contribution in [2.45, 2.75) is 32.8 Å². The number of rotatable bonds is 6. The van der Waals surface area contributed by atoms with Gasteiger partial charge in [0.25, 0.3) is 0 Å². The molecule has 0 heterocycles. The molecular formula is C14H19NO4. The first-order valence-electron chi connectivity index (χ1n) is 6.25. The van der Waals surface area contributed by atoms with Gasteiger partial charge in [-0.05, 0) is 32.4 Å². The molecule has 0 aliphatic rings. The van der Waals surface area contributed by atoms with Crippen molar-refractivity contribution >= 4 is 17.7 Å². The average Bonchev–Trinajstić information content (AvgIpc) is 2.34. The second-order valence-corrected chi connectivity index (χ2v) is 4.42. The summed E-state index contributed by atoms with van der Waals surface area (Å²) in [6, 6.07) is 9.09. The summed E-state index contributed by atoms with van der Waals surface area (Å²) in [5, 5.41) is 8.65. The molecule has 0 aromatic heterocycles. The molecule has 0 aliphatic carbocycles. The maximum absolute atomic E-state index is 12.0. The molecule has 1 aromatic carbocycles. The Hall–Kier alpha value is -2.04. The summed E-state index contributed by atoms with van der Waals surface area (Å²) in [6.07, 6.45) is -0.250. The highest BCUT2D eigenvalue weighted by Crippen LogP contribution is 2.16. The minimum atomic E-state index is -0.870. The van der Waals surface area contributed by atoms with Crippen LogP contribution in [0.5, 0.6) is 0 Å². The summed E-state index contributed by atoms with van der Waals surface area (Å²) in [5.41, 5.74) is 0.707. The van der Waals surface area contributed by atoms with Crippen LogP contribution in [0.2, 0.25) is 0 Å². The van der Waals surface area contributed by atoms with Crippen LogP contribution in [0, 0.1) is 0 Å². The lowest BCUT2D eigenvalue weighted by Crippen LogP contribution is -2.34. The van der Waals surface area contributed by atoms with Gasteiger partial charge in [-0.25, -0.2) is 4.79 Å². The van der Waals surface area contributed by atoms with Gasteiger partial charge in [-0.2, -0.15) is 0 Å². The van der Waals surface area contributed by atoms with E-state index >= 15 is 0 Å². The summed E-state index contributed by atoms with van der Waals surface area (Å²) in [4.78, 5) is 24.0. The fourth-order valence-electron chi connectivity index (χ4n) is 1.59. The van der Waals surface area contributed by atoms with Gasteiger partial charge in [0.2, 0.25) is 0 Å². The molecule has 5 nitrogen and oxygen atoms in total. The Morgan fingerprint density at radius 1 is 1.26 bits per heavy atom. The van der Waals surface area contributed by atoms with Gasteiger partial charge in [-0.15, -0.1) is 0 Å². The van der Waals surface area contributed by atoms with E-state index in [9.17, 15) is 9.59 Å². The number of hydrogen-bond acceptors (Lipinski definition) is 3. The largest absolute Gasteiger partial charge is 0.481 e. The van der Waals surface area contributed by atoms with Crippen LogP contribution >= 0.6 is 0 Å². The van der Waals surface area contributed by atoms with E-state index in [1.165, 1.54) is 4.90 Å². The van der Waals surface area contributed by atoms with Crippen LogP contribution in [0.3, 0.4) is 0 Å². The highest BCUT2D eigenvalue weighted by Gasteiger charge is 2.18. The van der Waals surface area contributed by atoms with E-state index in [0.717, 1.165) is 0 Å². The first-order valence-corrected chi connectivity index (χ1v) is 6.25. The summed E-state index contributed by atoms with van der Waals surface area (Å²) < 4.78 is 5.16. The second kappa shape index (κ2) is 7.41. The van der Waals surface area contributed by atoms with E-state index in [-0.39, 0.29) is 12.5 Å². The maximum Gasteiger partial charge on any atom is 0.414 e. The fourth-order valence-corrected chi connectivity index (χ4v) is 1.59. The SMILES string of the molecule is CC(C)OC(=O)N(CCCC(=O)O)c1ccccc1. The fraction of sp³-hybridized carbons (Fsp3) is 0.429. The third kappa shape index (κ3) is 5.42. The van der Waals surface area contributed by atoms with Crippen LogP contribution < -0.4 is 4.90 Å². The Morgan fingerprint density at radius 3 is 2.42 bits per heavy atom. The molecule has 0 saturated heterocycles. The molecule has 0 atom stereocenters. The Balaban J connectivity index is 2.73. The highest BCUT2D eigenvalue weighted by molar-refractivity contribution is 5.87. The van der Waals surface area contributed by atoms with Crippen molar-refractivity contribution in [1.82, 2.24) is 0 Å². The lowest BCUT2D eigenvalue weighted by Gasteiger charge is -2.23. The first kappa shape index (κ1) is 15.0. The quantitative estimate of drug-likeness (QED) is 0.858. The number of para-hydroxylation sites is 1. The van der Waals surface area contributed by atoms with Crippen molar-refractivity contribution in [3.8, 4) is 0 Å². The molecule has 0 bridgehead atoms. The number of anilines is 1. The molecule has 0 fully saturated rings. The minimum absolute atomic E-state index is 0.0261. The van der Waals surface area contributed by atoms with Crippen molar-refractivity contribution in [3.63, 3.8) is 0 Å². The number of benzene rings is 1. The van der Waals surface area contributed by atoms with Gasteiger partial charge >= 0.3 is 12.1 Å². The standard InChI is InChI=1S/C14H19NO4/c1-11(2)19-14(18)15(10-6-9-13(16)17)12-7-4-3-5-8-12/h3-5,7-8,11H,6,9-10H2,1-2H3,(H,16,17). The van der Waals surface area contributed by atoms with E-state index < -0.39 is 12.1 Å². The number of carboxylic acid groups (broad SMARTS) is 1. The number of aliphatic carboxylic acids is 1. The van der Waals surface area contributed by atoms with Gasteiger partial charge < -0.3 is 9.84 Å². The smallest absolute Gasteiger partial charge is 0.414 e. The van der Waals surface area contributed by atoms with E-state index in [1.807, 2.05) is 18.2 Å². The number of nitrogens with zero attached hydrogens (tertiary/aromatic N) is 1. The molecule has 104 valence electrons. The van der Waals surface area contributed by atoms with Crippen LogP contribution in [0.1, 0.15) is 26.7 Å². The number of amides is 1. The zero-order valence-electron chi connectivity index (χ0n) is 11.2. The zero-order chi connectivity index (χ0) is 14.3. The van der Waals surface area contributed by atoms with Crippen LogP contribution in [0.15, 0.2) is 30.3 Å². The molecule has 0 unspecified atom stereocenters. The molecule has 0 aliphatic heterocycles. The molecule has 0 saturated carbocycles. The number of carboxylic acids is 1. The first-order chi connectivity index (χ1) is 9.00. The van der Waals surface area contributed by atoms with Gasteiger partial charge in [-0.1, -0.05) is 18.2 Å². The van der Waals surface area contributed by atoms with Crippen molar-refractivity contribution in [2.24, 2.45) is 0 Å². The molecular weight excluding hydrogens is 246 g/mol. The van der Waals surface area contributed by atoms with E-state index in [4.69, 9.17) is 9.84 Å². The van der Waals surface area contributed by atoms with Crippen LogP contribution in [0.4, 0.5) is 10.5 Å². The van der Waals surface area contributed by atoms with Gasteiger partial charge in [0.15, 0.2) is 0 Å². The average molecular weight is 265 g/mol. The topological polar surface area (TPSA) is 66.8 Å². The molecule has 0 spiro atoms. The lowest BCUT2D eigenvalue weighted by molar-refractivity contribution is -0.137. The molecule has 5 heteroatoms. The van der Waals surface area contributed by atoms with Crippen LogP contribution in [0.25, 0.3) is 0 Å². The Bertz CT molecular complexity index is 417. The van der Waals surface area contributed by atoms with Gasteiger partial charge in [0.1, 0.15) is 0 Å². The normalized spacial score (nSPS) is 10.3. The second-order valence-electron chi connectivity index (χ2n) is 4.42. The molecule has 1 N–H and O–H groups in total. The van der Waals surface area contributed by atoms with Crippen LogP contribution in [-0.4, -0.2) is 29.8 Å². The molecule has 1 amide bonds. The van der Waals surface area contributed by atoms with Gasteiger partial charge in [0.05, 0.1) is 6.10 Å². The van der Waals surface area contributed by atoms with E-state index in [2.05, 4.69) is 0 Å². The summed E-state index contributed by atoms with van der Waals surface area (Å²) in [5.74, 6) is -0.870. The third-order valence-electron chi connectivity index (χ3n) is 2.40. The summed E-state index contributed by atoms with van der Waals surface area (Å²) >= 11 is 0. The molecule has 0 radical (unpaired) electrons. The zero-order valence-corrected chi connectivity index (χ0v) is 11.2. The predicted molar refractivity (Wildman–Crippen MR) is 72.3 cm³/mol. The summed E-state index contributed by atoms with van der Waals surface area (Å²) in [7, 11) is 0. The van der Waals surface area contributed by atoms with Gasteiger partial charge in [-0.3, -0.25) is 9.69 Å². The van der Waals surface area contributed by atoms with Crippen molar-refractivity contribution in [1.29, 1.82) is 0 Å². The minimum Gasteiger partial charge on any atom is -0.481 e. The van der Waals surface area contributed by atoms with Crippen LogP contribution in [-0.2, 0) is 9.53 Å². The predicted octanol–water partition coefficient (Wildman–Crippen LogP) is 2.90. The lowest BCUT2D eigenvalue weighted by atomic mass is 10.2. The number of carbonyl (C=O) groups is 2.